The maximum absolute atomic E-state index is 10.6. The summed E-state index contributed by atoms with van der Waals surface area (Å²) in [5.41, 5.74) is 5.56. The van der Waals surface area contributed by atoms with Gasteiger partial charge >= 0.3 is 0 Å². The van der Waals surface area contributed by atoms with E-state index in [1.165, 1.54) is 0 Å². The summed E-state index contributed by atoms with van der Waals surface area (Å²) in [6.07, 6.45) is 3.52. The van der Waals surface area contributed by atoms with Crippen molar-refractivity contribution < 1.29 is 9.36 Å². The predicted octanol–water partition coefficient (Wildman–Crippen LogP) is -0.139. The third-order valence-corrected chi connectivity index (χ3v) is 1.22. The summed E-state index contributed by atoms with van der Waals surface area (Å²) in [6.45, 7) is 0. The average Bonchev–Trinajstić information content (AvgIpc) is 2.05. The molecule has 1 aromatic rings. The Morgan fingerprint density at radius 2 is 2.23 bits per heavy atom. The average molecular weight is 183 g/mol. The summed E-state index contributed by atoms with van der Waals surface area (Å²) in [7, 11) is 1.84. The summed E-state index contributed by atoms with van der Waals surface area (Å²) < 4.78 is 1.78. The van der Waals surface area contributed by atoms with E-state index in [1.807, 2.05) is 13.2 Å². The number of hydrogen-bond donors (Lipinski definition) is 1. The Balaban J connectivity index is 0.000000424. The van der Waals surface area contributed by atoms with E-state index >= 15 is 0 Å². The lowest BCUT2D eigenvalue weighted by Crippen LogP contribution is -2.28. The number of pyridine rings is 1. The van der Waals surface area contributed by atoms with Crippen molar-refractivity contribution in [1.82, 2.24) is 0 Å². The van der Waals surface area contributed by atoms with Crippen LogP contribution < -0.4 is 10.3 Å². The number of amides is 1. The molecule has 0 aromatic carbocycles. The number of hydrogen-bond acceptors (Lipinski definition) is 4. The van der Waals surface area contributed by atoms with Gasteiger partial charge in [0.1, 0.15) is 12.6 Å². The first kappa shape index (κ1) is 11.0. The van der Waals surface area contributed by atoms with E-state index in [2.05, 4.69) is 0 Å². The van der Waals surface area contributed by atoms with Gasteiger partial charge in [-0.1, -0.05) is 0 Å². The molecule has 0 fully saturated rings. The number of nitrogens with two attached hydrogens (primary N) is 1. The van der Waals surface area contributed by atoms with Crippen LogP contribution in [0.15, 0.2) is 29.9 Å². The van der Waals surface area contributed by atoms with Crippen molar-refractivity contribution in [3.05, 3.63) is 40.2 Å². The predicted molar refractivity (Wildman–Crippen MR) is 45.3 cm³/mol. The van der Waals surface area contributed by atoms with E-state index in [0.717, 1.165) is 5.34 Å². The molecule has 6 heteroatoms. The van der Waals surface area contributed by atoms with Gasteiger partial charge in [0.15, 0.2) is 12.4 Å². The van der Waals surface area contributed by atoms with Crippen LogP contribution >= 0.6 is 0 Å². The summed E-state index contributed by atoms with van der Waals surface area (Å²) >= 11 is 0. The molecule has 0 atom stereocenters. The lowest BCUT2D eigenvalue weighted by molar-refractivity contribution is -0.671. The van der Waals surface area contributed by atoms with Crippen LogP contribution in [0.25, 0.3) is 0 Å². The molecule has 0 aliphatic carbocycles. The van der Waals surface area contributed by atoms with E-state index in [1.54, 1.807) is 22.9 Å². The van der Waals surface area contributed by atoms with Crippen LogP contribution in [-0.4, -0.2) is 5.91 Å². The molecule has 0 saturated carbocycles. The van der Waals surface area contributed by atoms with Crippen LogP contribution in [0.3, 0.4) is 0 Å². The van der Waals surface area contributed by atoms with Gasteiger partial charge in [-0.3, -0.25) is 4.79 Å². The minimum absolute atomic E-state index is 0.392. The van der Waals surface area contributed by atoms with Crippen molar-refractivity contribution in [1.29, 1.82) is 0 Å². The highest BCUT2D eigenvalue weighted by Gasteiger charge is 2.02. The molecule has 0 radical (unpaired) electrons. The monoisotopic (exact) mass is 183 g/mol. The maximum Gasteiger partial charge on any atom is 0.254 e. The van der Waals surface area contributed by atoms with Crippen molar-refractivity contribution in [3.8, 4) is 0 Å². The lowest BCUT2D eigenvalue weighted by atomic mass is 10.3. The highest BCUT2D eigenvalue weighted by molar-refractivity contribution is 5.92. The molecule has 6 nitrogen and oxygen atoms in total. The molecule has 0 bridgehead atoms. The molecular weight excluding hydrogens is 174 g/mol. The smallest absolute Gasteiger partial charge is 0.254 e. The molecule has 70 valence electrons. The van der Waals surface area contributed by atoms with Gasteiger partial charge in [-0.15, -0.1) is 5.34 Å². The number of primary amides is 1. The van der Waals surface area contributed by atoms with Crippen molar-refractivity contribution >= 4 is 5.91 Å². The highest BCUT2D eigenvalue weighted by Crippen LogP contribution is 1.89. The first-order valence-corrected chi connectivity index (χ1v) is 3.32. The Kier molecular flexibility index (Phi) is 4.78. The third-order valence-electron chi connectivity index (χ3n) is 1.22. The first-order valence-electron chi connectivity index (χ1n) is 3.32. The van der Waals surface area contributed by atoms with Gasteiger partial charge in [0, 0.05) is 6.07 Å². The zero-order chi connectivity index (χ0) is 10.3. The number of aromatic nitrogens is 1. The lowest BCUT2D eigenvalue weighted by Gasteiger charge is -1.89. The van der Waals surface area contributed by atoms with Crippen molar-refractivity contribution in [2.75, 3.05) is 0 Å². The second-order valence-corrected chi connectivity index (χ2v) is 2.20. The molecule has 1 heterocycles. The normalized spacial score (nSPS) is 8.08. The van der Waals surface area contributed by atoms with Gasteiger partial charge in [-0.2, -0.15) is 0 Å². The number of carbonyl (C=O) groups excluding carboxylic acids is 1. The molecule has 0 spiro atoms. The molecular formula is C7H9N3O3. The van der Waals surface area contributed by atoms with Crippen LogP contribution in [0.5, 0.6) is 0 Å². The summed E-state index contributed by atoms with van der Waals surface area (Å²) in [5.74, 6) is -0.392. The van der Waals surface area contributed by atoms with E-state index in [-0.39, 0.29) is 0 Å². The summed E-state index contributed by atoms with van der Waals surface area (Å²) in [5, 5.41) is 9.00. The quantitative estimate of drug-likeness (QED) is 0.372. The first-order chi connectivity index (χ1) is 6.11. The molecule has 1 rings (SSSR count). The maximum atomic E-state index is 10.6. The number of carbonyl (C=O) groups is 1. The minimum atomic E-state index is -0.392. The van der Waals surface area contributed by atoms with Gasteiger partial charge in [0.25, 0.3) is 5.91 Å². The van der Waals surface area contributed by atoms with Crippen molar-refractivity contribution in [2.45, 2.75) is 0 Å². The summed E-state index contributed by atoms with van der Waals surface area (Å²) in [4.78, 5) is 18.6. The Labute approximate surface area is 74.5 Å². The second-order valence-electron chi connectivity index (χ2n) is 2.20. The molecule has 2 N–H and O–H groups in total. The fourth-order valence-electron chi connectivity index (χ4n) is 0.734. The number of nitrogens with zero attached hydrogens (tertiary/aromatic N) is 2. The Morgan fingerprint density at radius 3 is 2.54 bits per heavy atom. The topological polar surface area (TPSA) is 99.5 Å². The fourth-order valence-corrected chi connectivity index (χ4v) is 0.734. The van der Waals surface area contributed by atoms with Gasteiger partial charge in [0.2, 0.25) is 0 Å². The van der Waals surface area contributed by atoms with Crippen LogP contribution in [0.1, 0.15) is 10.4 Å². The van der Waals surface area contributed by atoms with E-state index in [0.29, 0.717) is 5.56 Å². The van der Waals surface area contributed by atoms with Crippen LogP contribution in [0.2, 0.25) is 0 Å². The van der Waals surface area contributed by atoms with Gasteiger partial charge in [-0.25, -0.2) is 4.57 Å². The summed E-state index contributed by atoms with van der Waals surface area (Å²) in [6, 6.07) is 3.46. The van der Waals surface area contributed by atoms with Crippen molar-refractivity contribution in [3.63, 3.8) is 0 Å². The zero-order valence-corrected chi connectivity index (χ0v) is 7.01. The standard InChI is InChI=1S/C7H8N2O.HNO2/c1-9-4-2-3-6(5-9)7(8)10;2-1-3/h2-5H,1H3,(H-,8,10);(H,2,3). The highest BCUT2D eigenvalue weighted by atomic mass is 16.6. The van der Waals surface area contributed by atoms with Gasteiger partial charge in [-0.05, 0) is 6.07 Å². The molecule has 0 unspecified atom stereocenters. The number of aryl methyl sites for hydroxylation is 1. The minimum Gasteiger partial charge on any atom is -0.444 e. The van der Waals surface area contributed by atoms with Gasteiger partial charge in [0.05, 0.1) is 0 Å². The molecule has 1 aromatic heterocycles. The van der Waals surface area contributed by atoms with Gasteiger partial charge < -0.3 is 15.8 Å². The molecule has 0 saturated heterocycles. The van der Waals surface area contributed by atoms with E-state index in [9.17, 15) is 4.79 Å². The number of rotatable bonds is 1. The molecule has 0 aliphatic rings. The molecule has 0 aliphatic heterocycles. The Hall–Kier alpha value is -1.98. The third kappa shape index (κ3) is 4.46. The van der Waals surface area contributed by atoms with Crippen molar-refractivity contribution in [2.24, 2.45) is 18.1 Å². The Morgan fingerprint density at radius 1 is 1.69 bits per heavy atom. The van der Waals surface area contributed by atoms with Crippen LogP contribution in [0, 0.1) is 10.1 Å². The van der Waals surface area contributed by atoms with E-state index < -0.39 is 5.91 Å². The van der Waals surface area contributed by atoms with Crippen LogP contribution in [-0.2, 0) is 7.05 Å². The SMILES string of the molecule is C[n+]1cccc(C(N)=O)c1.O=N[O-]. The largest absolute Gasteiger partial charge is 0.444 e. The zero-order valence-electron chi connectivity index (χ0n) is 7.01. The molecule has 13 heavy (non-hydrogen) atoms. The van der Waals surface area contributed by atoms with E-state index in [4.69, 9.17) is 15.8 Å². The Bertz CT molecular complexity index is 301. The second kappa shape index (κ2) is 5.64. The van der Waals surface area contributed by atoms with Crippen LogP contribution in [0.4, 0.5) is 0 Å². The fraction of sp³-hybridized carbons (Fsp3) is 0.143. The molecule has 1 amide bonds.